The second-order valence-electron chi connectivity index (χ2n) is 4.31. The predicted molar refractivity (Wildman–Crippen MR) is 67.0 cm³/mol. The molecule has 3 heterocycles. The lowest BCUT2D eigenvalue weighted by Crippen LogP contribution is -2.38. The van der Waals surface area contributed by atoms with Gasteiger partial charge in [0.1, 0.15) is 6.29 Å². The van der Waals surface area contributed by atoms with Gasteiger partial charge in [0.15, 0.2) is 0 Å². The van der Waals surface area contributed by atoms with Gasteiger partial charge in [0.2, 0.25) is 0 Å². The molecule has 6 nitrogen and oxygen atoms in total. The van der Waals surface area contributed by atoms with Crippen LogP contribution in [0.3, 0.4) is 0 Å². The summed E-state index contributed by atoms with van der Waals surface area (Å²) in [5.74, 6) is -0.136. The molecule has 0 unspecified atom stereocenters. The normalized spacial score (nSPS) is 14.3. The van der Waals surface area contributed by atoms with E-state index in [0.29, 0.717) is 18.5 Å². The van der Waals surface area contributed by atoms with E-state index < -0.39 is 0 Å². The molecule has 0 saturated carbocycles. The molecule has 2 aromatic rings. The maximum Gasteiger partial charge on any atom is 0.257 e. The topological polar surface area (TPSA) is 68.1 Å². The summed E-state index contributed by atoms with van der Waals surface area (Å²) in [6, 6.07) is 3.69. The lowest BCUT2D eigenvalue weighted by molar-refractivity contribution is -0.108. The minimum atomic E-state index is -0.136. The number of pyridine rings is 1. The lowest BCUT2D eigenvalue weighted by atomic mass is 10.1. The van der Waals surface area contributed by atoms with Crippen molar-refractivity contribution in [2.45, 2.75) is 6.42 Å². The number of aldehydes is 1. The summed E-state index contributed by atoms with van der Waals surface area (Å²) < 4.78 is 1.65. The molecule has 3 rings (SSSR count). The number of carbonyl (C=O) groups is 2. The first-order chi connectivity index (χ1) is 9.29. The molecule has 1 aliphatic heterocycles. The van der Waals surface area contributed by atoms with E-state index in [2.05, 4.69) is 10.1 Å². The van der Waals surface area contributed by atoms with Crippen LogP contribution in [0.5, 0.6) is 0 Å². The predicted octanol–water partition coefficient (Wildman–Crippen LogP) is 0.464. The fourth-order valence-corrected chi connectivity index (χ4v) is 2.17. The SMILES string of the molecule is O=CCN1CCc2nn(-c3cccnc3)cc2C1=O. The first-order valence-corrected chi connectivity index (χ1v) is 6.01. The molecule has 0 spiro atoms. The van der Waals surface area contributed by atoms with Crippen molar-refractivity contribution in [3.8, 4) is 5.69 Å². The second kappa shape index (κ2) is 4.64. The molecule has 0 atom stereocenters. The minimum absolute atomic E-state index is 0.135. The average molecular weight is 256 g/mol. The van der Waals surface area contributed by atoms with Gasteiger partial charge < -0.3 is 9.69 Å². The Morgan fingerprint density at radius 2 is 2.32 bits per heavy atom. The Morgan fingerprint density at radius 1 is 1.42 bits per heavy atom. The Balaban J connectivity index is 1.96. The Bertz CT molecular complexity index is 621. The highest BCUT2D eigenvalue weighted by Crippen LogP contribution is 2.19. The number of amides is 1. The van der Waals surface area contributed by atoms with Gasteiger partial charge in [-0.05, 0) is 12.1 Å². The first-order valence-electron chi connectivity index (χ1n) is 6.01. The van der Waals surface area contributed by atoms with Gasteiger partial charge >= 0.3 is 0 Å². The largest absolute Gasteiger partial charge is 0.331 e. The van der Waals surface area contributed by atoms with Crippen LogP contribution in [0, 0.1) is 0 Å². The first kappa shape index (κ1) is 11.6. The van der Waals surface area contributed by atoms with Crippen molar-refractivity contribution in [2.75, 3.05) is 13.1 Å². The van der Waals surface area contributed by atoms with Crippen LogP contribution in [-0.4, -0.2) is 44.9 Å². The summed E-state index contributed by atoms with van der Waals surface area (Å²) in [7, 11) is 0. The van der Waals surface area contributed by atoms with E-state index in [4.69, 9.17) is 0 Å². The number of hydrogen-bond acceptors (Lipinski definition) is 4. The third-order valence-electron chi connectivity index (χ3n) is 3.13. The standard InChI is InChI=1S/C13H12N4O2/c18-7-6-16-5-3-12-11(13(16)19)9-17(15-12)10-2-1-4-14-8-10/h1-2,4,7-9H,3,5-6H2. The van der Waals surface area contributed by atoms with E-state index in [1.54, 1.807) is 23.3 Å². The van der Waals surface area contributed by atoms with Crippen LogP contribution >= 0.6 is 0 Å². The van der Waals surface area contributed by atoms with E-state index in [-0.39, 0.29) is 12.5 Å². The maximum atomic E-state index is 12.1. The fourth-order valence-electron chi connectivity index (χ4n) is 2.17. The molecule has 1 aliphatic rings. The third kappa shape index (κ3) is 2.01. The van der Waals surface area contributed by atoms with Crippen molar-refractivity contribution in [1.29, 1.82) is 0 Å². The summed E-state index contributed by atoms with van der Waals surface area (Å²) >= 11 is 0. The Hall–Kier alpha value is -2.50. The number of aromatic nitrogens is 3. The molecule has 0 N–H and O–H groups in total. The molecule has 1 amide bonds. The summed E-state index contributed by atoms with van der Waals surface area (Å²) in [4.78, 5) is 28.2. The number of rotatable bonds is 3. The zero-order chi connectivity index (χ0) is 13.2. The molecule has 0 aromatic carbocycles. The van der Waals surface area contributed by atoms with Crippen molar-refractivity contribution in [3.63, 3.8) is 0 Å². The number of hydrogen-bond donors (Lipinski definition) is 0. The Labute approximate surface area is 109 Å². The van der Waals surface area contributed by atoms with Crippen LogP contribution in [0.15, 0.2) is 30.7 Å². The van der Waals surface area contributed by atoms with Crippen LogP contribution in [0.25, 0.3) is 5.69 Å². The van der Waals surface area contributed by atoms with Crippen molar-refractivity contribution in [2.24, 2.45) is 0 Å². The van der Waals surface area contributed by atoms with Crippen molar-refractivity contribution < 1.29 is 9.59 Å². The van der Waals surface area contributed by atoms with E-state index in [1.165, 1.54) is 4.90 Å². The summed E-state index contributed by atoms with van der Waals surface area (Å²) in [6.07, 6.45) is 6.48. The lowest BCUT2D eigenvalue weighted by Gasteiger charge is -2.23. The van der Waals surface area contributed by atoms with E-state index in [1.807, 2.05) is 12.1 Å². The molecule has 0 fully saturated rings. The molecule has 2 aromatic heterocycles. The van der Waals surface area contributed by atoms with E-state index in [0.717, 1.165) is 17.7 Å². The average Bonchev–Trinajstić information content (AvgIpc) is 2.88. The molecule has 0 bridgehead atoms. The van der Waals surface area contributed by atoms with Crippen LogP contribution in [-0.2, 0) is 11.2 Å². The Morgan fingerprint density at radius 3 is 3.05 bits per heavy atom. The summed E-state index contributed by atoms with van der Waals surface area (Å²) in [5, 5.41) is 4.41. The molecule has 0 saturated heterocycles. The van der Waals surface area contributed by atoms with Gasteiger partial charge in [-0.25, -0.2) is 4.68 Å². The molecular weight excluding hydrogens is 244 g/mol. The molecule has 6 heteroatoms. The van der Waals surface area contributed by atoms with Gasteiger partial charge in [-0.1, -0.05) is 0 Å². The van der Waals surface area contributed by atoms with Gasteiger partial charge in [-0.3, -0.25) is 9.78 Å². The van der Waals surface area contributed by atoms with E-state index >= 15 is 0 Å². The van der Waals surface area contributed by atoms with Crippen molar-refractivity contribution in [1.82, 2.24) is 19.7 Å². The van der Waals surface area contributed by atoms with Gasteiger partial charge in [0.25, 0.3) is 5.91 Å². The zero-order valence-electron chi connectivity index (χ0n) is 10.2. The van der Waals surface area contributed by atoms with Crippen LogP contribution < -0.4 is 0 Å². The van der Waals surface area contributed by atoms with E-state index in [9.17, 15) is 9.59 Å². The van der Waals surface area contributed by atoms with Crippen LogP contribution in [0.2, 0.25) is 0 Å². The maximum absolute atomic E-state index is 12.1. The third-order valence-corrected chi connectivity index (χ3v) is 3.13. The fraction of sp³-hybridized carbons (Fsp3) is 0.231. The van der Waals surface area contributed by atoms with Crippen molar-refractivity contribution >= 4 is 12.2 Å². The molecule has 19 heavy (non-hydrogen) atoms. The highest BCUT2D eigenvalue weighted by atomic mass is 16.2. The molecule has 96 valence electrons. The minimum Gasteiger partial charge on any atom is -0.331 e. The van der Waals surface area contributed by atoms with Gasteiger partial charge in [0, 0.05) is 25.4 Å². The van der Waals surface area contributed by atoms with Crippen molar-refractivity contribution in [3.05, 3.63) is 42.0 Å². The van der Waals surface area contributed by atoms with Gasteiger partial charge in [-0.15, -0.1) is 0 Å². The number of fused-ring (bicyclic) bond motifs is 1. The van der Waals surface area contributed by atoms with Gasteiger partial charge in [-0.2, -0.15) is 5.10 Å². The quantitative estimate of drug-likeness (QED) is 0.748. The molecule has 0 radical (unpaired) electrons. The number of carbonyl (C=O) groups excluding carboxylic acids is 2. The van der Waals surface area contributed by atoms with Gasteiger partial charge in [0.05, 0.1) is 29.7 Å². The zero-order valence-corrected chi connectivity index (χ0v) is 10.2. The van der Waals surface area contributed by atoms with Crippen LogP contribution in [0.1, 0.15) is 16.1 Å². The molecule has 0 aliphatic carbocycles. The monoisotopic (exact) mass is 256 g/mol. The second-order valence-corrected chi connectivity index (χ2v) is 4.31. The highest BCUT2D eigenvalue weighted by molar-refractivity contribution is 5.97. The smallest absolute Gasteiger partial charge is 0.257 e. The summed E-state index contributed by atoms with van der Waals surface area (Å²) in [6.45, 7) is 0.672. The van der Waals surface area contributed by atoms with Crippen LogP contribution in [0.4, 0.5) is 0 Å². The Kier molecular flexibility index (Phi) is 2.83. The summed E-state index contributed by atoms with van der Waals surface area (Å²) in [5.41, 5.74) is 2.15. The number of nitrogens with zero attached hydrogens (tertiary/aromatic N) is 4. The highest BCUT2D eigenvalue weighted by Gasteiger charge is 2.27. The molecular formula is C13H12N4O2.